The summed E-state index contributed by atoms with van der Waals surface area (Å²) >= 11 is 0. The van der Waals surface area contributed by atoms with Crippen molar-refractivity contribution in [3.8, 4) is 0 Å². The van der Waals surface area contributed by atoms with Crippen LogP contribution < -0.4 is 0 Å². The van der Waals surface area contributed by atoms with Crippen LogP contribution in [0.4, 0.5) is 5.69 Å². The Balaban J connectivity index is 2.98. The van der Waals surface area contributed by atoms with E-state index in [2.05, 4.69) is 12.1 Å². The number of nitro groups is 1. The van der Waals surface area contributed by atoms with Crippen molar-refractivity contribution in [3.05, 3.63) is 40.4 Å². The zero-order valence-electron chi connectivity index (χ0n) is 4.50. The molecule has 3 nitrogen and oxygen atoms in total. The Morgan fingerprint density at radius 2 is 2.44 bits per heavy atom. The molecule has 0 saturated heterocycles. The lowest BCUT2D eigenvalue weighted by molar-refractivity contribution is -0.385. The van der Waals surface area contributed by atoms with E-state index in [0.717, 1.165) is 0 Å². The number of non-ortho nitro benzene ring substituents is 1. The van der Waals surface area contributed by atoms with Gasteiger partial charge in [0.2, 0.25) is 0 Å². The molecule has 1 rings (SSSR count). The van der Waals surface area contributed by atoms with Gasteiger partial charge < -0.3 is 0 Å². The first kappa shape index (κ1) is 5.75. The van der Waals surface area contributed by atoms with E-state index in [1.807, 2.05) is 0 Å². The van der Waals surface area contributed by atoms with Gasteiger partial charge in [0.05, 0.1) is 11.0 Å². The monoisotopic (exact) mass is 121 g/mol. The molecule has 1 aromatic carbocycles. The summed E-state index contributed by atoms with van der Waals surface area (Å²) in [6, 6.07) is 9.26. The van der Waals surface area contributed by atoms with Gasteiger partial charge in [0.15, 0.2) is 0 Å². The highest BCUT2D eigenvalue weighted by Gasteiger charge is 1.99. The molecule has 0 aliphatic heterocycles. The standard InChI is InChI=1S/C6H3NO2/c8-7(9)6-4-2-1-3-5-6/h2-4H. The van der Waals surface area contributed by atoms with Crippen LogP contribution in [0, 0.1) is 22.2 Å². The molecule has 0 saturated carbocycles. The third kappa shape index (κ3) is 1.25. The summed E-state index contributed by atoms with van der Waals surface area (Å²) in [5, 5.41) is 9.96. The second kappa shape index (κ2) is 2.26. The molecule has 2 radical (unpaired) electrons. The number of rotatable bonds is 1. The lowest BCUT2D eigenvalue weighted by Crippen LogP contribution is -1.85. The van der Waals surface area contributed by atoms with E-state index in [0.29, 0.717) is 0 Å². The highest BCUT2D eigenvalue weighted by atomic mass is 16.6. The largest absolute Gasteiger partial charge is 0.277 e. The smallest absolute Gasteiger partial charge is 0.258 e. The Morgan fingerprint density at radius 1 is 1.67 bits per heavy atom. The zero-order chi connectivity index (χ0) is 6.69. The predicted octanol–water partition coefficient (Wildman–Crippen LogP) is 1.20. The number of nitro benzene ring substituents is 1. The van der Waals surface area contributed by atoms with Gasteiger partial charge in [-0.05, 0) is 18.2 Å². The highest BCUT2D eigenvalue weighted by molar-refractivity contribution is 5.25. The van der Waals surface area contributed by atoms with Gasteiger partial charge in [-0.2, -0.15) is 0 Å². The van der Waals surface area contributed by atoms with Crippen molar-refractivity contribution in [2.75, 3.05) is 0 Å². The van der Waals surface area contributed by atoms with Crippen LogP contribution in [0.5, 0.6) is 0 Å². The molecule has 0 aliphatic carbocycles. The Hall–Kier alpha value is -1.38. The summed E-state index contributed by atoms with van der Waals surface area (Å²) in [4.78, 5) is 9.47. The molecule has 0 bridgehead atoms. The van der Waals surface area contributed by atoms with Gasteiger partial charge in [-0.1, -0.05) is 0 Å². The number of hydrogen-bond acceptors (Lipinski definition) is 2. The molecule has 0 amide bonds. The lowest BCUT2D eigenvalue weighted by Gasteiger charge is -1.84. The Labute approximate surface area is 52.1 Å². The van der Waals surface area contributed by atoms with Crippen molar-refractivity contribution in [1.29, 1.82) is 0 Å². The number of hydrogen-bond donors (Lipinski definition) is 0. The first-order valence-electron chi connectivity index (χ1n) is 2.33. The molecule has 44 valence electrons. The lowest BCUT2D eigenvalue weighted by atomic mass is 10.3. The van der Waals surface area contributed by atoms with Gasteiger partial charge >= 0.3 is 0 Å². The fourth-order valence-electron chi connectivity index (χ4n) is 0.452. The van der Waals surface area contributed by atoms with Crippen molar-refractivity contribution < 1.29 is 4.92 Å². The van der Waals surface area contributed by atoms with E-state index in [1.165, 1.54) is 18.2 Å². The molecule has 1 aromatic rings. The number of nitrogens with zero attached hydrogens (tertiary/aromatic N) is 1. The minimum absolute atomic E-state index is 0.0197. The quantitative estimate of drug-likeness (QED) is 0.413. The van der Waals surface area contributed by atoms with Crippen LogP contribution in [0.2, 0.25) is 0 Å². The Morgan fingerprint density at radius 3 is 2.78 bits per heavy atom. The third-order valence-electron chi connectivity index (χ3n) is 0.838. The van der Waals surface area contributed by atoms with Crippen molar-refractivity contribution >= 4 is 5.69 Å². The van der Waals surface area contributed by atoms with Crippen LogP contribution >= 0.6 is 0 Å². The van der Waals surface area contributed by atoms with Gasteiger partial charge in [-0.25, -0.2) is 0 Å². The molecule has 0 unspecified atom stereocenters. The fourth-order valence-corrected chi connectivity index (χ4v) is 0.452. The summed E-state index contributed by atoms with van der Waals surface area (Å²) in [5.41, 5.74) is -0.0197. The second-order valence-corrected chi connectivity index (χ2v) is 1.43. The minimum atomic E-state index is -0.492. The number of benzene rings is 1. The van der Waals surface area contributed by atoms with Crippen LogP contribution in [0.15, 0.2) is 18.2 Å². The Bertz CT molecular complexity index is 208. The molecule has 0 aliphatic rings. The first-order chi connectivity index (χ1) is 4.30. The highest BCUT2D eigenvalue weighted by Crippen LogP contribution is 2.05. The Kier molecular flexibility index (Phi) is 1.44. The molecule has 0 heterocycles. The summed E-state index contributed by atoms with van der Waals surface area (Å²) in [6.45, 7) is 0. The molecule has 3 heteroatoms. The molecule has 9 heavy (non-hydrogen) atoms. The van der Waals surface area contributed by atoms with Crippen molar-refractivity contribution in [2.24, 2.45) is 0 Å². The van der Waals surface area contributed by atoms with Gasteiger partial charge in [-0.15, -0.1) is 0 Å². The van der Waals surface area contributed by atoms with E-state index in [1.54, 1.807) is 0 Å². The van der Waals surface area contributed by atoms with E-state index in [9.17, 15) is 10.1 Å². The first-order valence-corrected chi connectivity index (χ1v) is 2.33. The van der Waals surface area contributed by atoms with Gasteiger partial charge in [0.25, 0.3) is 5.69 Å². The van der Waals surface area contributed by atoms with Crippen molar-refractivity contribution in [1.82, 2.24) is 0 Å². The van der Waals surface area contributed by atoms with E-state index in [-0.39, 0.29) is 5.69 Å². The average Bonchev–Trinajstić information content (AvgIpc) is 1.90. The summed E-state index contributed by atoms with van der Waals surface area (Å²) in [7, 11) is 0. The summed E-state index contributed by atoms with van der Waals surface area (Å²) < 4.78 is 0. The summed E-state index contributed by atoms with van der Waals surface area (Å²) in [6.07, 6.45) is 0. The molecule has 0 N–H and O–H groups in total. The molecule has 0 aromatic heterocycles. The summed E-state index contributed by atoms with van der Waals surface area (Å²) in [5.74, 6) is 0. The van der Waals surface area contributed by atoms with Crippen LogP contribution in [0.1, 0.15) is 0 Å². The minimum Gasteiger partial charge on any atom is -0.258 e. The maximum Gasteiger partial charge on any atom is 0.277 e. The van der Waals surface area contributed by atoms with Crippen LogP contribution in [-0.2, 0) is 0 Å². The van der Waals surface area contributed by atoms with Gasteiger partial charge in [0.1, 0.15) is 0 Å². The maximum absolute atomic E-state index is 9.96. The van der Waals surface area contributed by atoms with E-state index < -0.39 is 4.92 Å². The van der Waals surface area contributed by atoms with Crippen molar-refractivity contribution in [3.63, 3.8) is 0 Å². The van der Waals surface area contributed by atoms with Crippen molar-refractivity contribution in [2.45, 2.75) is 0 Å². The average molecular weight is 121 g/mol. The molecule has 0 fully saturated rings. The molecule has 0 spiro atoms. The maximum atomic E-state index is 9.96. The van der Waals surface area contributed by atoms with Crippen LogP contribution in [0.25, 0.3) is 0 Å². The molecular weight excluding hydrogens is 118 g/mol. The second-order valence-electron chi connectivity index (χ2n) is 1.43. The molecular formula is C6H3NO2. The van der Waals surface area contributed by atoms with Gasteiger partial charge in [0, 0.05) is 6.07 Å². The third-order valence-corrected chi connectivity index (χ3v) is 0.838. The van der Waals surface area contributed by atoms with Gasteiger partial charge in [-0.3, -0.25) is 10.1 Å². The van der Waals surface area contributed by atoms with E-state index in [4.69, 9.17) is 0 Å². The molecule has 0 atom stereocenters. The van der Waals surface area contributed by atoms with Crippen LogP contribution in [-0.4, -0.2) is 4.92 Å². The zero-order valence-corrected chi connectivity index (χ0v) is 4.50. The normalized spacial score (nSPS) is 8.89. The fraction of sp³-hybridized carbons (Fsp3) is 0. The predicted molar refractivity (Wildman–Crippen MR) is 30.8 cm³/mol. The van der Waals surface area contributed by atoms with E-state index >= 15 is 0 Å². The van der Waals surface area contributed by atoms with Crippen LogP contribution in [0.3, 0.4) is 0 Å². The SMILES string of the molecule is O=[N+]([O-])c1[c]c[c]cc1. The topological polar surface area (TPSA) is 43.1 Å².